The minimum Gasteiger partial charge on any atom is -0.493 e. The summed E-state index contributed by atoms with van der Waals surface area (Å²) >= 11 is 0. The van der Waals surface area contributed by atoms with E-state index in [0.29, 0.717) is 51.0 Å². The molecule has 5 aromatic rings. The van der Waals surface area contributed by atoms with Gasteiger partial charge in [0.15, 0.2) is 11.5 Å². The van der Waals surface area contributed by atoms with E-state index in [1.165, 1.54) is 21.3 Å². The Hall–Kier alpha value is -4.92. The number of amides is 1. The molecule has 1 N–H and O–H groups in total. The Morgan fingerprint density at radius 1 is 0.889 bits per heavy atom. The van der Waals surface area contributed by atoms with Crippen LogP contribution >= 0.6 is 0 Å². The fraction of sp³-hybridized carbons (Fsp3) is 0.111. The molecule has 0 fully saturated rings. The van der Waals surface area contributed by atoms with Crippen LogP contribution in [-0.2, 0) is 0 Å². The zero-order chi connectivity index (χ0) is 25.1. The summed E-state index contributed by atoms with van der Waals surface area (Å²) < 4.78 is 21.8. The number of benzene rings is 3. The standard InChI is InChI=1S/C27H22N4O5/c1-33-21-14-17(15-22(34-2)24(21)35-3)25-30-27(36-31-25)18-10-4-5-12-20(18)29-26(32)19-11-6-8-16-9-7-13-28-23(16)19/h4-15H,1-3H3,(H,29,32). The minimum atomic E-state index is -0.295. The zero-order valence-electron chi connectivity index (χ0n) is 19.8. The summed E-state index contributed by atoms with van der Waals surface area (Å²) in [6, 6.07) is 19.9. The fourth-order valence-corrected chi connectivity index (χ4v) is 3.92. The maximum absolute atomic E-state index is 13.2. The average molecular weight is 482 g/mol. The molecule has 2 heterocycles. The van der Waals surface area contributed by atoms with Gasteiger partial charge in [0, 0.05) is 17.1 Å². The molecule has 9 heteroatoms. The highest BCUT2D eigenvalue weighted by Crippen LogP contribution is 2.41. The van der Waals surface area contributed by atoms with Gasteiger partial charge in [-0.1, -0.05) is 35.5 Å². The Bertz CT molecular complexity index is 1530. The third-order valence-electron chi connectivity index (χ3n) is 5.63. The molecule has 3 aromatic carbocycles. The number of rotatable bonds is 7. The van der Waals surface area contributed by atoms with Crippen molar-refractivity contribution < 1.29 is 23.5 Å². The van der Waals surface area contributed by atoms with Gasteiger partial charge < -0.3 is 24.1 Å². The number of nitrogens with zero attached hydrogens (tertiary/aromatic N) is 3. The summed E-state index contributed by atoms with van der Waals surface area (Å²) in [4.78, 5) is 22.1. The maximum Gasteiger partial charge on any atom is 0.260 e. The van der Waals surface area contributed by atoms with Crippen LogP contribution in [0.1, 0.15) is 10.4 Å². The maximum atomic E-state index is 13.2. The number of aromatic nitrogens is 3. The lowest BCUT2D eigenvalue weighted by molar-refractivity contribution is 0.102. The number of fused-ring (bicyclic) bond motifs is 1. The van der Waals surface area contributed by atoms with Gasteiger partial charge >= 0.3 is 0 Å². The molecular formula is C27H22N4O5. The lowest BCUT2D eigenvalue weighted by atomic mass is 10.1. The lowest BCUT2D eigenvalue weighted by Gasteiger charge is -2.12. The number of para-hydroxylation sites is 2. The van der Waals surface area contributed by atoms with E-state index in [1.807, 2.05) is 36.4 Å². The summed E-state index contributed by atoms with van der Waals surface area (Å²) in [5.74, 6) is 1.66. The molecule has 0 unspecified atom stereocenters. The summed E-state index contributed by atoms with van der Waals surface area (Å²) in [6.07, 6.45) is 1.66. The van der Waals surface area contributed by atoms with E-state index in [1.54, 1.807) is 36.5 Å². The Labute approximate surface area is 206 Å². The third kappa shape index (κ3) is 4.18. The van der Waals surface area contributed by atoms with Crippen LogP contribution in [0.25, 0.3) is 33.7 Å². The first-order chi connectivity index (χ1) is 17.6. The van der Waals surface area contributed by atoms with Crippen molar-refractivity contribution in [2.24, 2.45) is 0 Å². The van der Waals surface area contributed by atoms with E-state index >= 15 is 0 Å². The van der Waals surface area contributed by atoms with Crippen molar-refractivity contribution >= 4 is 22.5 Å². The monoisotopic (exact) mass is 482 g/mol. The highest BCUT2D eigenvalue weighted by Gasteiger charge is 2.20. The van der Waals surface area contributed by atoms with Crippen LogP contribution < -0.4 is 19.5 Å². The van der Waals surface area contributed by atoms with Crippen molar-refractivity contribution in [1.82, 2.24) is 15.1 Å². The highest BCUT2D eigenvalue weighted by atomic mass is 16.5. The second-order valence-corrected chi connectivity index (χ2v) is 7.72. The summed E-state index contributed by atoms with van der Waals surface area (Å²) in [5.41, 5.74) is 2.80. The van der Waals surface area contributed by atoms with E-state index in [0.717, 1.165) is 5.39 Å². The van der Waals surface area contributed by atoms with Crippen LogP contribution in [0.15, 0.2) is 77.4 Å². The SMILES string of the molecule is COc1cc(-c2noc(-c3ccccc3NC(=O)c3cccc4cccnc34)n2)cc(OC)c1OC. The molecule has 0 saturated carbocycles. The van der Waals surface area contributed by atoms with Gasteiger partial charge in [0.2, 0.25) is 11.6 Å². The number of anilines is 1. The van der Waals surface area contributed by atoms with Crippen molar-refractivity contribution in [3.05, 3.63) is 78.5 Å². The van der Waals surface area contributed by atoms with Crippen LogP contribution in [0.3, 0.4) is 0 Å². The number of pyridine rings is 1. The quantitative estimate of drug-likeness (QED) is 0.336. The van der Waals surface area contributed by atoms with Gasteiger partial charge in [-0.05, 0) is 36.4 Å². The molecule has 36 heavy (non-hydrogen) atoms. The molecule has 2 aromatic heterocycles. The van der Waals surface area contributed by atoms with Crippen molar-refractivity contribution in [1.29, 1.82) is 0 Å². The van der Waals surface area contributed by atoms with E-state index in [2.05, 4.69) is 20.4 Å². The number of methoxy groups -OCH3 is 3. The second-order valence-electron chi connectivity index (χ2n) is 7.72. The first-order valence-corrected chi connectivity index (χ1v) is 11.0. The summed E-state index contributed by atoms with van der Waals surface area (Å²) in [6.45, 7) is 0. The fourth-order valence-electron chi connectivity index (χ4n) is 3.92. The molecule has 0 aliphatic heterocycles. The Morgan fingerprint density at radius 3 is 2.39 bits per heavy atom. The molecule has 0 spiro atoms. The molecule has 0 aliphatic carbocycles. The highest BCUT2D eigenvalue weighted by molar-refractivity contribution is 6.12. The molecule has 1 amide bonds. The third-order valence-corrected chi connectivity index (χ3v) is 5.63. The van der Waals surface area contributed by atoms with E-state index in [4.69, 9.17) is 18.7 Å². The Kier molecular flexibility index (Phi) is 6.19. The van der Waals surface area contributed by atoms with Crippen molar-refractivity contribution in [3.8, 4) is 40.1 Å². The number of ether oxygens (including phenoxy) is 3. The van der Waals surface area contributed by atoms with Crippen molar-refractivity contribution in [3.63, 3.8) is 0 Å². The van der Waals surface area contributed by atoms with Gasteiger partial charge in [0.05, 0.1) is 43.7 Å². The molecule has 0 radical (unpaired) electrons. The van der Waals surface area contributed by atoms with Gasteiger partial charge in [-0.25, -0.2) is 0 Å². The topological polar surface area (TPSA) is 109 Å². The smallest absolute Gasteiger partial charge is 0.260 e. The predicted octanol–water partition coefficient (Wildman–Crippen LogP) is 5.23. The first kappa shape index (κ1) is 22.9. The predicted molar refractivity (Wildman–Crippen MR) is 135 cm³/mol. The summed E-state index contributed by atoms with van der Waals surface area (Å²) in [7, 11) is 4.60. The molecule has 0 aliphatic rings. The van der Waals surface area contributed by atoms with E-state index < -0.39 is 0 Å². The van der Waals surface area contributed by atoms with Crippen LogP contribution in [0.2, 0.25) is 0 Å². The van der Waals surface area contributed by atoms with Crippen molar-refractivity contribution in [2.75, 3.05) is 26.6 Å². The van der Waals surface area contributed by atoms with Gasteiger partial charge in [-0.15, -0.1) is 0 Å². The zero-order valence-corrected chi connectivity index (χ0v) is 19.8. The largest absolute Gasteiger partial charge is 0.493 e. The number of carbonyl (C=O) groups is 1. The molecule has 0 saturated heterocycles. The van der Waals surface area contributed by atoms with Crippen LogP contribution in [0.4, 0.5) is 5.69 Å². The first-order valence-electron chi connectivity index (χ1n) is 11.0. The normalized spacial score (nSPS) is 10.8. The van der Waals surface area contributed by atoms with Gasteiger partial charge in [-0.3, -0.25) is 9.78 Å². The lowest BCUT2D eigenvalue weighted by Crippen LogP contribution is -2.13. The van der Waals surface area contributed by atoms with E-state index in [-0.39, 0.29) is 11.8 Å². The van der Waals surface area contributed by atoms with Gasteiger partial charge in [0.1, 0.15) is 0 Å². The number of hydrogen-bond acceptors (Lipinski definition) is 8. The Morgan fingerprint density at radius 2 is 1.64 bits per heavy atom. The van der Waals surface area contributed by atoms with Gasteiger partial charge in [0.25, 0.3) is 11.8 Å². The molecular weight excluding hydrogens is 460 g/mol. The number of nitrogens with one attached hydrogen (secondary N) is 1. The van der Waals surface area contributed by atoms with Crippen LogP contribution in [-0.4, -0.2) is 42.4 Å². The van der Waals surface area contributed by atoms with Crippen LogP contribution in [0.5, 0.6) is 17.2 Å². The average Bonchev–Trinajstić information content (AvgIpc) is 3.42. The molecule has 5 rings (SSSR count). The second kappa shape index (κ2) is 9.75. The minimum absolute atomic E-state index is 0.241. The number of carbonyl (C=O) groups excluding carboxylic acids is 1. The molecule has 9 nitrogen and oxygen atoms in total. The van der Waals surface area contributed by atoms with Gasteiger partial charge in [-0.2, -0.15) is 4.98 Å². The molecule has 180 valence electrons. The number of hydrogen-bond donors (Lipinski definition) is 1. The molecule has 0 atom stereocenters. The summed E-state index contributed by atoms with van der Waals surface area (Å²) in [5, 5.41) is 7.96. The van der Waals surface area contributed by atoms with Crippen molar-refractivity contribution in [2.45, 2.75) is 0 Å². The van der Waals surface area contributed by atoms with Crippen LogP contribution in [0, 0.1) is 0 Å². The van der Waals surface area contributed by atoms with E-state index in [9.17, 15) is 4.79 Å². The molecule has 0 bridgehead atoms. The Balaban J connectivity index is 1.48.